The highest BCUT2D eigenvalue weighted by Crippen LogP contribution is 2.28. The highest BCUT2D eigenvalue weighted by molar-refractivity contribution is 5.83. The van der Waals surface area contributed by atoms with E-state index in [1.807, 2.05) is 48.5 Å². The van der Waals surface area contributed by atoms with Gasteiger partial charge in [0.2, 0.25) is 0 Å². The number of rotatable bonds is 4. The van der Waals surface area contributed by atoms with Crippen molar-refractivity contribution in [1.82, 2.24) is 0 Å². The first-order valence-corrected chi connectivity index (χ1v) is 12.6. The van der Waals surface area contributed by atoms with E-state index in [1.54, 1.807) is 0 Å². The molecule has 4 aromatic rings. The Morgan fingerprint density at radius 1 is 0.342 bits per heavy atom. The van der Waals surface area contributed by atoms with Gasteiger partial charge >= 0.3 is 0 Å². The Morgan fingerprint density at radius 3 is 0.842 bits per heavy atom. The van der Waals surface area contributed by atoms with Crippen LogP contribution in [0.4, 0.5) is 0 Å². The van der Waals surface area contributed by atoms with Crippen LogP contribution in [-0.2, 0) is 0 Å². The summed E-state index contributed by atoms with van der Waals surface area (Å²) in [4.78, 5) is 0. The van der Waals surface area contributed by atoms with Crippen molar-refractivity contribution in [3.63, 3.8) is 0 Å². The first-order valence-electron chi connectivity index (χ1n) is 12.6. The summed E-state index contributed by atoms with van der Waals surface area (Å²) in [6, 6.07) is 33.1. The SMILES string of the molecule is Cc1ccccc1C(=C=C=C=C=C=C=C=C=C(c1ccccc1C)c1ccccc1C)c1ccccc1C. The molecular weight excluding hydrogens is 456 g/mol. The zero-order chi connectivity index (χ0) is 26.7. The maximum Gasteiger partial charge on any atom is 0.0405 e. The molecule has 180 valence electrons. The van der Waals surface area contributed by atoms with E-state index >= 15 is 0 Å². The van der Waals surface area contributed by atoms with Crippen LogP contribution in [0.15, 0.2) is 143 Å². The molecule has 0 aliphatic carbocycles. The Bertz CT molecular complexity index is 1590. The van der Waals surface area contributed by atoms with Gasteiger partial charge in [-0.25, -0.2) is 0 Å². The maximum absolute atomic E-state index is 3.28. The van der Waals surface area contributed by atoms with Crippen molar-refractivity contribution < 1.29 is 0 Å². The van der Waals surface area contributed by atoms with E-state index in [1.165, 1.54) is 22.3 Å². The van der Waals surface area contributed by atoms with Gasteiger partial charge in [0.25, 0.3) is 0 Å². The monoisotopic (exact) mass is 484 g/mol. The second-order valence-electron chi connectivity index (χ2n) is 9.01. The van der Waals surface area contributed by atoms with Crippen molar-refractivity contribution >= 4 is 11.1 Å². The topological polar surface area (TPSA) is 0 Å². The van der Waals surface area contributed by atoms with Gasteiger partial charge in [0.15, 0.2) is 0 Å². The lowest BCUT2D eigenvalue weighted by molar-refractivity contribution is 1.38. The van der Waals surface area contributed by atoms with E-state index in [2.05, 4.69) is 122 Å². The summed E-state index contributed by atoms with van der Waals surface area (Å²) in [7, 11) is 0. The molecule has 0 aliphatic rings. The van der Waals surface area contributed by atoms with Crippen LogP contribution in [0, 0.1) is 27.7 Å². The third kappa shape index (κ3) is 6.34. The Kier molecular flexibility index (Phi) is 8.68. The average Bonchev–Trinajstić information content (AvgIpc) is 2.92. The fourth-order valence-corrected chi connectivity index (χ4v) is 4.29. The van der Waals surface area contributed by atoms with Crippen LogP contribution in [0.1, 0.15) is 44.5 Å². The highest BCUT2D eigenvalue weighted by atomic mass is 14.1. The summed E-state index contributed by atoms with van der Waals surface area (Å²) in [5.41, 5.74) is 35.1. The lowest BCUT2D eigenvalue weighted by atomic mass is 9.92. The smallest absolute Gasteiger partial charge is 0.0405 e. The van der Waals surface area contributed by atoms with E-state index in [9.17, 15) is 0 Å². The summed E-state index contributed by atoms with van der Waals surface area (Å²) in [5.74, 6) is 0. The summed E-state index contributed by atoms with van der Waals surface area (Å²) in [6.45, 7) is 8.41. The zero-order valence-corrected chi connectivity index (χ0v) is 22.2. The highest BCUT2D eigenvalue weighted by Gasteiger charge is 2.10. The third-order valence-corrected chi connectivity index (χ3v) is 6.35. The number of hydrogen-bond acceptors (Lipinski definition) is 0. The average molecular weight is 485 g/mol. The van der Waals surface area contributed by atoms with Crippen LogP contribution in [0.5, 0.6) is 0 Å². The van der Waals surface area contributed by atoms with Crippen LogP contribution >= 0.6 is 0 Å². The van der Waals surface area contributed by atoms with Gasteiger partial charge in [0.1, 0.15) is 0 Å². The first kappa shape index (κ1) is 25.9. The van der Waals surface area contributed by atoms with Gasteiger partial charge in [-0.15, -0.1) is 0 Å². The number of hydrogen-bond donors (Lipinski definition) is 0. The lowest BCUT2D eigenvalue weighted by Crippen LogP contribution is -1.92. The Hall–Kier alpha value is -5.14. The fourth-order valence-electron chi connectivity index (χ4n) is 4.29. The second-order valence-corrected chi connectivity index (χ2v) is 9.01. The van der Waals surface area contributed by atoms with Crippen LogP contribution in [0.25, 0.3) is 11.1 Å². The zero-order valence-electron chi connectivity index (χ0n) is 22.2. The van der Waals surface area contributed by atoms with Gasteiger partial charge in [-0.2, -0.15) is 0 Å². The van der Waals surface area contributed by atoms with Gasteiger partial charge in [-0.1, -0.05) is 109 Å². The van der Waals surface area contributed by atoms with Gasteiger partial charge in [0.05, 0.1) is 0 Å². The maximum atomic E-state index is 3.28. The molecule has 0 N–H and O–H groups in total. The Balaban J connectivity index is 1.90. The van der Waals surface area contributed by atoms with E-state index in [4.69, 9.17) is 0 Å². The van der Waals surface area contributed by atoms with Crippen molar-refractivity contribution in [2.75, 3.05) is 0 Å². The van der Waals surface area contributed by atoms with Gasteiger partial charge in [-0.3, -0.25) is 0 Å². The van der Waals surface area contributed by atoms with Gasteiger partial charge in [-0.05, 0) is 107 Å². The fraction of sp³-hybridized carbons (Fsp3) is 0.105. The molecule has 0 amide bonds. The minimum Gasteiger partial charge on any atom is -0.0620 e. The normalized spacial score (nSPS) is 9.26. The van der Waals surface area contributed by atoms with Crippen molar-refractivity contribution in [2.24, 2.45) is 0 Å². The molecule has 38 heavy (non-hydrogen) atoms. The molecular formula is C38H28. The Labute approximate surface area is 226 Å². The Morgan fingerprint density at radius 2 is 0.579 bits per heavy atom. The summed E-state index contributed by atoms with van der Waals surface area (Å²) < 4.78 is 0. The van der Waals surface area contributed by atoms with Crippen molar-refractivity contribution in [1.29, 1.82) is 0 Å². The van der Waals surface area contributed by atoms with Gasteiger partial charge in [0, 0.05) is 11.1 Å². The molecule has 0 spiro atoms. The van der Waals surface area contributed by atoms with Crippen LogP contribution < -0.4 is 0 Å². The molecule has 0 heterocycles. The summed E-state index contributed by atoms with van der Waals surface area (Å²) in [6.07, 6.45) is 0. The largest absolute Gasteiger partial charge is 0.0620 e. The molecule has 4 rings (SSSR count). The van der Waals surface area contributed by atoms with Crippen LogP contribution in [0.2, 0.25) is 0 Å². The summed E-state index contributed by atoms with van der Waals surface area (Å²) >= 11 is 0. The lowest BCUT2D eigenvalue weighted by Gasteiger charge is -2.10. The minimum atomic E-state index is 0.971. The predicted octanol–water partition coefficient (Wildman–Crippen LogP) is 9.17. The molecule has 0 saturated carbocycles. The molecule has 0 saturated heterocycles. The first-order chi connectivity index (χ1) is 18.6. The molecule has 0 heteroatoms. The summed E-state index contributed by atoms with van der Waals surface area (Å²) in [5, 5.41) is 0. The molecule has 4 aromatic carbocycles. The van der Waals surface area contributed by atoms with Crippen molar-refractivity contribution in [3.8, 4) is 0 Å². The van der Waals surface area contributed by atoms with Gasteiger partial charge < -0.3 is 0 Å². The molecule has 0 aliphatic heterocycles. The predicted molar refractivity (Wildman–Crippen MR) is 158 cm³/mol. The quantitative estimate of drug-likeness (QED) is 0.253. The molecule has 0 radical (unpaired) electrons. The van der Waals surface area contributed by atoms with Crippen LogP contribution in [0.3, 0.4) is 0 Å². The number of benzene rings is 4. The van der Waals surface area contributed by atoms with E-state index in [-0.39, 0.29) is 0 Å². The second kappa shape index (κ2) is 12.7. The molecule has 0 unspecified atom stereocenters. The van der Waals surface area contributed by atoms with Crippen LogP contribution in [-0.4, -0.2) is 0 Å². The minimum absolute atomic E-state index is 0.971. The molecule has 0 atom stereocenters. The van der Waals surface area contributed by atoms with E-state index < -0.39 is 0 Å². The molecule has 0 fully saturated rings. The van der Waals surface area contributed by atoms with Crippen molar-refractivity contribution in [2.45, 2.75) is 27.7 Å². The van der Waals surface area contributed by atoms with E-state index in [0.717, 1.165) is 33.4 Å². The third-order valence-electron chi connectivity index (χ3n) is 6.35. The molecule has 0 nitrogen and oxygen atoms in total. The molecule has 0 bridgehead atoms. The number of aryl methyl sites for hydroxylation is 4. The standard InChI is InChI=1S/C38H28/c1-29-19-11-15-23-33(29)37(34-24-16-12-20-30(34)2)27-9-7-5-6-8-10-28-38(35-25-17-13-21-31(35)3)36-26-18-14-22-32(36)4/h11-26H,1-4H3. The van der Waals surface area contributed by atoms with Crippen molar-refractivity contribution in [3.05, 3.63) is 187 Å². The molecule has 0 aromatic heterocycles. The van der Waals surface area contributed by atoms with E-state index in [0.29, 0.717) is 0 Å².